The molecule has 19 heavy (non-hydrogen) atoms. The minimum Gasteiger partial charge on any atom is -0.369 e. The Morgan fingerprint density at radius 1 is 1.26 bits per heavy atom. The number of likely N-dealkylation sites (tertiary alicyclic amines) is 1. The highest BCUT2D eigenvalue weighted by molar-refractivity contribution is 5.95. The highest BCUT2D eigenvalue weighted by atomic mass is 16.2. The molecule has 1 aliphatic heterocycles. The van der Waals surface area contributed by atoms with Gasteiger partial charge in [0.1, 0.15) is 6.42 Å². The summed E-state index contributed by atoms with van der Waals surface area (Å²) in [7, 11) is 0. The summed E-state index contributed by atoms with van der Waals surface area (Å²) in [6.07, 6.45) is 1.51. The maximum Gasteiger partial charge on any atom is 0.229 e. The molecule has 0 aromatic carbocycles. The molecular formula is C13H23N3O3. The molecule has 3 N–H and O–H groups in total. The van der Waals surface area contributed by atoms with E-state index in [0.29, 0.717) is 12.5 Å². The molecule has 1 rings (SSSR count). The van der Waals surface area contributed by atoms with Crippen molar-refractivity contribution in [3.63, 3.8) is 0 Å². The van der Waals surface area contributed by atoms with Gasteiger partial charge in [-0.3, -0.25) is 14.4 Å². The van der Waals surface area contributed by atoms with Crippen LogP contribution < -0.4 is 11.1 Å². The van der Waals surface area contributed by atoms with Gasteiger partial charge in [0.05, 0.1) is 0 Å². The third-order valence-electron chi connectivity index (χ3n) is 3.34. The smallest absolute Gasteiger partial charge is 0.229 e. The predicted molar refractivity (Wildman–Crippen MR) is 71.0 cm³/mol. The molecule has 0 aliphatic carbocycles. The number of primary amides is 1. The SMILES string of the molecule is CC(C)C(=O)N1CCC(CNC(=O)CC(N)=O)CC1. The Hall–Kier alpha value is -1.59. The third-order valence-corrected chi connectivity index (χ3v) is 3.34. The minimum absolute atomic E-state index is 0.0341. The Balaban J connectivity index is 2.25. The summed E-state index contributed by atoms with van der Waals surface area (Å²) in [5, 5.41) is 2.71. The number of nitrogens with two attached hydrogens (primary N) is 1. The fourth-order valence-electron chi connectivity index (χ4n) is 2.20. The maximum absolute atomic E-state index is 11.8. The highest BCUT2D eigenvalue weighted by Gasteiger charge is 2.24. The van der Waals surface area contributed by atoms with Crippen LogP contribution >= 0.6 is 0 Å². The summed E-state index contributed by atoms with van der Waals surface area (Å²) in [4.78, 5) is 35.5. The Labute approximate surface area is 113 Å². The van der Waals surface area contributed by atoms with Crippen molar-refractivity contribution in [1.29, 1.82) is 0 Å². The Morgan fingerprint density at radius 2 is 1.84 bits per heavy atom. The molecule has 108 valence electrons. The van der Waals surface area contributed by atoms with Gasteiger partial charge in [-0.15, -0.1) is 0 Å². The third kappa shape index (κ3) is 5.28. The number of carbonyl (C=O) groups is 3. The van der Waals surface area contributed by atoms with Gasteiger partial charge < -0.3 is 16.0 Å². The summed E-state index contributed by atoms with van der Waals surface area (Å²) >= 11 is 0. The molecule has 0 spiro atoms. The van der Waals surface area contributed by atoms with Crippen molar-refractivity contribution in [2.75, 3.05) is 19.6 Å². The van der Waals surface area contributed by atoms with Crippen molar-refractivity contribution < 1.29 is 14.4 Å². The van der Waals surface area contributed by atoms with Crippen LogP contribution in [-0.2, 0) is 14.4 Å². The molecule has 1 heterocycles. The van der Waals surface area contributed by atoms with E-state index >= 15 is 0 Å². The lowest BCUT2D eigenvalue weighted by molar-refractivity contribution is -0.136. The second-order valence-corrected chi connectivity index (χ2v) is 5.37. The van der Waals surface area contributed by atoms with Crippen LogP contribution in [0, 0.1) is 11.8 Å². The second kappa shape index (κ2) is 7.11. The zero-order valence-electron chi connectivity index (χ0n) is 11.6. The first-order chi connectivity index (χ1) is 8.90. The zero-order valence-corrected chi connectivity index (χ0v) is 11.6. The van der Waals surface area contributed by atoms with E-state index in [-0.39, 0.29) is 24.2 Å². The van der Waals surface area contributed by atoms with Crippen molar-refractivity contribution in [2.45, 2.75) is 33.1 Å². The van der Waals surface area contributed by atoms with Crippen LogP contribution in [0.2, 0.25) is 0 Å². The van der Waals surface area contributed by atoms with Crippen LogP contribution in [0.3, 0.4) is 0 Å². The molecule has 0 aromatic heterocycles. The maximum atomic E-state index is 11.8. The van der Waals surface area contributed by atoms with Gasteiger partial charge in [-0.1, -0.05) is 13.8 Å². The van der Waals surface area contributed by atoms with E-state index in [4.69, 9.17) is 5.73 Å². The van der Waals surface area contributed by atoms with Crippen LogP contribution in [0.25, 0.3) is 0 Å². The quantitative estimate of drug-likeness (QED) is 0.681. The summed E-state index contributed by atoms with van der Waals surface area (Å²) in [5.41, 5.74) is 4.94. The molecule has 6 heteroatoms. The Morgan fingerprint density at radius 3 is 2.32 bits per heavy atom. The fraction of sp³-hybridized carbons (Fsp3) is 0.769. The minimum atomic E-state index is -0.616. The van der Waals surface area contributed by atoms with Crippen molar-refractivity contribution in [1.82, 2.24) is 10.2 Å². The van der Waals surface area contributed by atoms with Crippen molar-refractivity contribution in [2.24, 2.45) is 17.6 Å². The molecule has 0 bridgehead atoms. The van der Waals surface area contributed by atoms with Crippen LogP contribution in [0.1, 0.15) is 33.1 Å². The summed E-state index contributed by atoms with van der Waals surface area (Å²) in [6.45, 7) is 5.84. The van der Waals surface area contributed by atoms with Crippen LogP contribution in [0.4, 0.5) is 0 Å². The average molecular weight is 269 g/mol. The van der Waals surface area contributed by atoms with E-state index in [1.807, 2.05) is 18.7 Å². The Kier molecular flexibility index (Phi) is 5.79. The van der Waals surface area contributed by atoms with Gasteiger partial charge in [0.15, 0.2) is 0 Å². The van der Waals surface area contributed by atoms with Gasteiger partial charge in [0, 0.05) is 25.6 Å². The lowest BCUT2D eigenvalue weighted by atomic mass is 9.96. The highest BCUT2D eigenvalue weighted by Crippen LogP contribution is 2.18. The predicted octanol–water partition coefficient (Wildman–Crippen LogP) is -0.127. The monoisotopic (exact) mass is 269 g/mol. The number of piperidine rings is 1. The number of amides is 3. The van der Waals surface area contributed by atoms with E-state index in [2.05, 4.69) is 5.32 Å². The molecule has 1 fully saturated rings. The normalized spacial score (nSPS) is 16.5. The van der Waals surface area contributed by atoms with E-state index in [9.17, 15) is 14.4 Å². The van der Waals surface area contributed by atoms with Crippen LogP contribution in [-0.4, -0.2) is 42.3 Å². The van der Waals surface area contributed by atoms with Gasteiger partial charge in [-0.05, 0) is 18.8 Å². The topological polar surface area (TPSA) is 92.5 Å². The van der Waals surface area contributed by atoms with Gasteiger partial charge in [-0.25, -0.2) is 0 Å². The van der Waals surface area contributed by atoms with Crippen LogP contribution in [0.15, 0.2) is 0 Å². The van der Waals surface area contributed by atoms with Crippen LogP contribution in [0.5, 0.6) is 0 Å². The molecule has 0 atom stereocenters. The number of hydrogen-bond donors (Lipinski definition) is 2. The molecule has 0 radical (unpaired) electrons. The summed E-state index contributed by atoms with van der Waals surface area (Å²) in [5.74, 6) is -0.348. The van der Waals surface area contributed by atoms with E-state index in [1.165, 1.54) is 0 Å². The zero-order chi connectivity index (χ0) is 14.4. The number of nitrogens with one attached hydrogen (secondary N) is 1. The van der Waals surface area contributed by atoms with Crippen molar-refractivity contribution in [3.8, 4) is 0 Å². The van der Waals surface area contributed by atoms with Gasteiger partial charge in [0.2, 0.25) is 17.7 Å². The standard InChI is InChI=1S/C13H23N3O3/c1-9(2)13(19)16-5-3-10(4-6-16)8-15-12(18)7-11(14)17/h9-10H,3-8H2,1-2H3,(H2,14,17)(H,15,18). The van der Waals surface area contributed by atoms with E-state index in [1.54, 1.807) is 0 Å². The van der Waals surface area contributed by atoms with Crippen molar-refractivity contribution >= 4 is 17.7 Å². The average Bonchev–Trinajstić information content (AvgIpc) is 2.35. The largest absolute Gasteiger partial charge is 0.369 e. The number of hydrogen-bond acceptors (Lipinski definition) is 3. The molecule has 6 nitrogen and oxygen atoms in total. The lowest BCUT2D eigenvalue weighted by Gasteiger charge is -2.33. The molecule has 1 saturated heterocycles. The Bertz CT molecular complexity index is 347. The number of carbonyl (C=O) groups excluding carboxylic acids is 3. The van der Waals surface area contributed by atoms with Gasteiger partial charge in [0.25, 0.3) is 0 Å². The summed E-state index contributed by atoms with van der Waals surface area (Å²) < 4.78 is 0. The summed E-state index contributed by atoms with van der Waals surface area (Å²) in [6, 6.07) is 0. The first kappa shape index (κ1) is 15.5. The second-order valence-electron chi connectivity index (χ2n) is 5.37. The van der Waals surface area contributed by atoms with Gasteiger partial charge >= 0.3 is 0 Å². The molecule has 1 aliphatic rings. The number of rotatable bonds is 5. The molecule has 0 aromatic rings. The molecule has 0 unspecified atom stereocenters. The van der Waals surface area contributed by atoms with Gasteiger partial charge in [-0.2, -0.15) is 0 Å². The number of nitrogens with zero attached hydrogens (tertiary/aromatic N) is 1. The fourth-order valence-corrected chi connectivity index (χ4v) is 2.20. The molecular weight excluding hydrogens is 246 g/mol. The molecule has 0 saturated carbocycles. The lowest BCUT2D eigenvalue weighted by Crippen LogP contribution is -2.43. The van der Waals surface area contributed by atoms with Crippen molar-refractivity contribution in [3.05, 3.63) is 0 Å². The van der Waals surface area contributed by atoms with E-state index in [0.717, 1.165) is 25.9 Å². The first-order valence-electron chi connectivity index (χ1n) is 6.74. The van der Waals surface area contributed by atoms with E-state index < -0.39 is 5.91 Å². The first-order valence-corrected chi connectivity index (χ1v) is 6.74. The molecule has 3 amide bonds.